The molecule has 200 valence electrons. The van der Waals surface area contributed by atoms with E-state index in [1.165, 1.54) is 51.4 Å². The Kier molecular flexibility index (Phi) is 5.70. The van der Waals surface area contributed by atoms with Gasteiger partial charge in [0.2, 0.25) is 0 Å². The number of rotatable bonds is 6. The molecule has 6 aliphatic rings. The predicted octanol–water partition coefficient (Wildman–Crippen LogP) is 6.59. The Bertz CT molecular complexity index is 842. The van der Waals surface area contributed by atoms with Gasteiger partial charge in [0.25, 0.3) is 0 Å². The van der Waals surface area contributed by atoms with Crippen molar-refractivity contribution in [2.45, 2.75) is 129 Å². The number of ether oxygens (including phenoxy) is 3. The molecular formula is C31H52O4. The molecule has 35 heavy (non-hydrogen) atoms. The fourth-order valence-corrected chi connectivity index (χ4v) is 11.6. The number of hydrogen-bond donors (Lipinski definition) is 1. The molecule has 0 aromatic heterocycles. The molecule has 1 unspecified atom stereocenters. The van der Waals surface area contributed by atoms with Crippen LogP contribution in [0.2, 0.25) is 0 Å². The van der Waals surface area contributed by atoms with Crippen LogP contribution >= 0.6 is 0 Å². The normalized spacial score (nSPS) is 55.5. The fraction of sp³-hybridized carbons (Fsp3) is 1.00. The minimum absolute atomic E-state index is 0.265. The molecule has 1 N–H and O–H groups in total. The summed E-state index contributed by atoms with van der Waals surface area (Å²) >= 11 is 0. The Labute approximate surface area is 214 Å². The van der Waals surface area contributed by atoms with E-state index < -0.39 is 5.79 Å². The van der Waals surface area contributed by atoms with E-state index in [1.54, 1.807) is 0 Å². The van der Waals surface area contributed by atoms with Gasteiger partial charge in [-0.05, 0) is 131 Å². The van der Waals surface area contributed by atoms with Gasteiger partial charge in [-0.1, -0.05) is 20.8 Å². The summed E-state index contributed by atoms with van der Waals surface area (Å²) < 4.78 is 18.3. The van der Waals surface area contributed by atoms with E-state index in [0.717, 1.165) is 36.5 Å². The van der Waals surface area contributed by atoms with Gasteiger partial charge in [-0.25, -0.2) is 0 Å². The lowest BCUT2D eigenvalue weighted by Crippen LogP contribution is -2.57. The number of fused-ring (bicyclic) bond motifs is 4. The van der Waals surface area contributed by atoms with Gasteiger partial charge >= 0.3 is 0 Å². The summed E-state index contributed by atoms with van der Waals surface area (Å²) in [6, 6.07) is 0. The van der Waals surface area contributed by atoms with Crippen molar-refractivity contribution < 1.29 is 19.3 Å². The van der Waals surface area contributed by atoms with Gasteiger partial charge in [0.15, 0.2) is 5.79 Å². The largest absolute Gasteiger partial charge is 0.393 e. The summed E-state index contributed by atoms with van der Waals surface area (Å²) in [6.45, 7) is 14.4. The van der Waals surface area contributed by atoms with Gasteiger partial charge < -0.3 is 19.3 Å². The van der Waals surface area contributed by atoms with Gasteiger partial charge in [0.05, 0.1) is 24.4 Å². The minimum Gasteiger partial charge on any atom is -0.393 e. The zero-order chi connectivity index (χ0) is 25.0. The van der Waals surface area contributed by atoms with Crippen LogP contribution in [0.25, 0.3) is 0 Å². The smallest absolute Gasteiger partial charge is 0.163 e. The highest BCUT2D eigenvalue weighted by Gasteiger charge is 2.77. The Balaban J connectivity index is 1.16. The van der Waals surface area contributed by atoms with Crippen molar-refractivity contribution in [2.75, 3.05) is 13.7 Å². The molecule has 1 spiro atoms. The van der Waals surface area contributed by atoms with Gasteiger partial charge in [-0.2, -0.15) is 0 Å². The van der Waals surface area contributed by atoms with E-state index in [1.807, 2.05) is 21.0 Å². The van der Waals surface area contributed by atoms with E-state index in [0.29, 0.717) is 40.8 Å². The number of hydrogen-bond acceptors (Lipinski definition) is 4. The molecule has 1 saturated heterocycles. The van der Waals surface area contributed by atoms with Crippen molar-refractivity contribution >= 4 is 0 Å². The Hall–Kier alpha value is -0.160. The molecule has 0 aromatic carbocycles. The molecule has 1 aliphatic heterocycles. The van der Waals surface area contributed by atoms with E-state index >= 15 is 0 Å². The van der Waals surface area contributed by atoms with Crippen molar-refractivity contribution in [2.24, 2.45) is 51.8 Å². The van der Waals surface area contributed by atoms with Gasteiger partial charge in [-0.3, -0.25) is 0 Å². The highest BCUT2D eigenvalue weighted by molar-refractivity contribution is 5.26. The van der Waals surface area contributed by atoms with Crippen LogP contribution < -0.4 is 0 Å². The van der Waals surface area contributed by atoms with Crippen LogP contribution in [0.4, 0.5) is 0 Å². The van der Waals surface area contributed by atoms with Crippen molar-refractivity contribution in [3.63, 3.8) is 0 Å². The molecule has 0 aromatic rings. The number of aliphatic hydroxyl groups excluding tert-OH is 1. The molecule has 0 amide bonds. The summed E-state index contributed by atoms with van der Waals surface area (Å²) in [5.41, 5.74) is 1.09. The molecule has 0 bridgehead atoms. The van der Waals surface area contributed by atoms with Crippen molar-refractivity contribution in [3.05, 3.63) is 0 Å². The maximum absolute atomic E-state index is 11.4. The van der Waals surface area contributed by atoms with Gasteiger partial charge in [0, 0.05) is 12.5 Å². The second kappa shape index (κ2) is 7.93. The zero-order valence-electron chi connectivity index (χ0n) is 23.6. The molecule has 6 fully saturated rings. The van der Waals surface area contributed by atoms with Crippen LogP contribution in [0, 0.1) is 51.8 Å². The molecule has 4 nitrogen and oxygen atoms in total. The zero-order valence-corrected chi connectivity index (χ0v) is 23.6. The van der Waals surface area contributed by atoms with Crippen LogP contribution in [-0.2, 0) is 14.2 Å². The maximum Gasteiger partial charge on any atom is 0.163 e. The average Bonchev–Trinajstić information content (AvgIpc) is 3.16. The summed E-state index contributed by atoms with van der Waals surface area (Å²) in [7, 11) is 1.99. The molecule has 0 radical (unpaired) electrons. The average molecular weight is 489 g/mol. The third-order valence-corrected chi connectivity index (χ3v) is 13.3. The van der Waals surface area contributed by atoms with Crippen LogP contribution in [0.3, 0.4) is 0 Å². The highest BCUT2D eigenvalue weighted by Crippen LogP contribution is 2.82. The second-order valence-corrected chi connectivity index (χ2v) is 15.2. The fourth-order valence-electron chi connectivity index (χ4n) is 11.6. The van der Waals surface area contributed by atoms with Crippen molar-refractivity contribution in [1.29, 1.82) is 0 Å². The van der Waals surface area contributed by atoms with Gasteiger partial charge in [0.1, 0.15) is 0 Å². The minimum atomic E-state index is -0.509. The Morgan fingerprint density at radius 3 is 2.43 bits per heavy atom. The molecule has 5 aliphatic carbocycles. The predicted molar refractivity (Wildman–Crippen MR) is 138 cm³/mol. The lowest BCUT2D eigenvalue weighted by atomic mass is 9.45. The Morgan fingerprint density at radius 2 is 1.77 bits per heavy atom. The first-order valence-corrected chi connectivity index (χ1v) is 14.9. The summed E-state index contributed by atoms with van der Waals surface area (Å²) in [5, 5.41) is 11.4. The number of methoxy groups -OCH3 is 1. The Morgan fingerprint density at radius 1 is 1.00 bits per heavy atom. The van der Waals surface area contributed by atoms with Crippen molar-refractivity contribution in [3.8, 4) is 0 Å². The maximum atomic E-state index is 11.4. The lowest BCUT2D eigenvalue weighted by molar-refractivity contribution is -0.164. The molecule has 4 heteroatoms. The topological polar surface area (TPSA) is 47.9 Å². The SMILES string of the molecule is CO[C@@H]1C[C@H]2[C@@H]3CC[C@H]([C@H](C)C(O)CC[C@@]4(C)COC(C)(C)O4)[C@@]3(C)CC[C@@H]2[C@@]2(C)CC[C@H]3C[C@]312. The van der Waals surface area contributed by atoms with Crippen LogP contribution in [0.5, 0.6) is 0 Å². The first kappa shape index (κ1) is 25.1. The van der Waals surface area contributed by atoms with E-state index in [4.69, 9.17) is 14.2 Å². The second-order valence-electron chi connectivity index (χ2n) is 15.2. The molecule has 5 saturated carbocycles. The van der Waals surface area contributed by atoms with Crippen LogP contribution in [0.1, 0.15) is 106 Å². The summed E-state index contributed by atoms with van der Waals surface area (Å²) in [5.74, 6) is 3.90. The molecular weight excluding hydrogens is 436 g/mol. The highest BCUT2D eigenvalue weighted by atomic mass is 16.8. The quantitative estimate of drug-likeness (QED) is 0.458. The van der Waals surface area contributed by atoms with Gasteiger partial charge in [-0.15, -0.1) is 0 Å². The monoisotopic (exact) mass is 488 g/mol. The summed E-state index contributed by atoms with van der Waals surface area (Å²) in [4.78, 5) is 0. The van der Waals surface area contributed by atoms with Crippen molar-refractivity contribution in [1.82, 2.24) is 0 Å². The molecule has 6 rings (SSSR count). The third-order valence-electron chi connectivity index (χ3n) is 13.3. The van der Waals surface area contributed by atoms with E-state index in [9.17, 15) is 5.11 Å². The lowest BCUT2D eigenvalue weighted by Gasteiger charge is -2.61. The first-order valence-electron chi connectivity index (χ1n) is 14.9. The first-order chi connectivity index (χ1) is 16.4. The molecule has 1 heterocycles. The van der Waals surface area contributed by atoms with E-state index in [-0.39, 0.29) is 11.7 Å². The summed E-state index contributed by atoms with van der Waals surface area (Å²) in [6.07, 6.45) is 12.9. The standard InChI is InChI=1S/C31H52O4/c1-19(25(32)12-13-28(4)18-34-27(2,3)35-28)22-8-9-23-21-16-26(33-7)31-17-20(31)10-15-30(31,6)24(21)11-14-29(22,23)5/h19-26,32H,8-18H2,1-7H3/t19-,20-,21-,22+,23-,24-,25?,26+,28-,29+,30+,31-/m0/s1. The van der Waals surface area contributed by atoms with Crippen LogP contribution in [-0.4, -0.2) is 42.4 Å². The number of aliphatic hydroxyl groups is 1. The van der Waals surface area contributed by atoms with E-state index in [2.05, 4.69) is 27.7 Å². The van der Waals surface area contributed by atoms with Crippen LogP contribution in [0.15, 0.2) is 0 Å². The third kappa shape index (κ3) is 3.44. The molecule has 12 atom stereocenters.